The van der Waals surface area contributed by atoms with E-state index in [0.29, 0.717) is 24.2 Å². The van der Waals surface area contributed by atoms with Crippen molar-refractivity contribution in [1.82, 2.24) is 20.2 Å². The van der Waals surface area contributed by atoms with E-state index in [9.17, 15) is 14.7 Å². The fourth-order valence-corrected chi connectivity index (χ4v) is 2.91. The second kappa shape index (κ2) is 7.92. The number of likely N-dealkylation sites (tertiary alicyclic amines) is 1. The molecule has 2 N–H and O–H groups in total. The Kier molecular flexibility index (Phi) is 5.43. The highest BCUT2D eigenvalue weighted by atomic mass is 16.5. The first kappa shape index (κ1) is 17.8. The zero-order valence-electron chi connectivity index (χ0n) is 14.3. The van der Waals surface area contributed by atoms with Gasteiger partial charge in [-0.3, -0.25) is 14.6 Å². The minimum Gasteiger partial charge on any atom is -0.480 e. The van der Waals surface area contributed by atoms with Gasteiger partial charge >= 0.3 is 0 Å². The number of carbonyl (C=O) groups excluding carboxylic acids is 2. The Balaban J connectivity index is 1.63. The van der Waals surface area contributed by atoms with Gasteiger partial charge in [-0.2, -0.15) is 0 Å². The number of aromatic nitrogens is 2. The van der Waals surface area contributed by atoms with E-state index in [1.807, 2.05) is 0 Å². The van der Waals surface area contributed by atoms with Crippen LogP contribution in [0.25, 0.3) is 0 Å². The van der Waals surface area contributed by atoms with Crippen LogP contribution in [0, 0.1) is 0 Å². The minimum atomic E-state index is -0.872. The van der Waals surface area contributed by atoms with E-state index in [0.717, 1.165) is 0 Å². The maximum atomic E-state index is 12.7. The zero-order valence-corrected chi connectivity index (χ0v) is 14.3. The fourth-order valence-electron chi connectivity index (χ4n) is 2.91. The summed E-state index contributed by atoms with van der Waals surface area (Å²) in [4.78, 5) is 34.4. The van der Waals surface area contributed by atoms with Crippen LogP contribution in [-0.4, -0.2) is 64.1 Å². The SMILES string of the molecule is COc1ncccc1C(=O)N1CC[C@@H](NC(=O)c2ccccn2)[C@H](O)C1. The second-order valence-corrected chi connectivity index (χ2v) is 5.96. The Bertz CT molecular complexity index is 784. The zero-order chi connectivity index (χ0) is 18.5. The van der Waals surface area contributed by atoms with Crippen molar-refractivity contribution in [1.29, 1.82) is 0 Å². The summed E-state index contributed by atoms with van der Waals surface area (Å²) < 4.78 is 5.12. The molecule has 0 unspecified atom stereocenters. The van der Waals surface area contributed by atoms with Gasteiger partial charge < -0.3 is 20.1 Å². The van der Waals surface area contributed by atoms with Crippen molar-refractivity contribution in [3.8, 4) is 5.88 Å². The molecule has 2 amide bonds. The largest absolute Gasteiger partial charge is 0.480 e. The number of methoxy groups -OCH3 is 1. The molecule has 3 heterocycles. The summed E-state index contributed by atoms with van der Waals surface area (Å²) in [6.45, 7) is 0.519. The predicted octanol–water partition coefficient (Wildman–Crippen LogP) is 0.491. The summed E-state index contributed by atoms with van der Waals surface area (Å²) in [5, 5.41) is 13.2. The summed E-state index contributed by atoms with van der Waals surface area (Å²) >= 11 is 0. The molecule has 1 fully saturated rings. The van der Waals surface area contributed by atoms with E-state index in [1.54, 1.807) is 36.5 Å². The standard InChI is InChI=1S/C18H20N4O4/c1-26-17-12(5-4-9-20-17)18(25)22-10-7-13(15(23)11-22)21-16(24)14-6-2-3-8-19-14/h2-6,8-9,13,15,23H,7,10-11H2,1H3,(H,21,24)/t13-,15-/m1/s1. The molecule has 8 heteroatoms. The van der Waals surface area contributed by atoms with Gasteiger partial charge in [0.05, 0.1) is 19.3 Å². The minimum absolute atomic E-state index is 0.115. The van der Waals surface area contributed by atoms with Crippen molar-refractivity contribution >= 4 is 11.8 Å². The highest BCUT2D eigenvalue weighted by Gasteiger charge is 2.32. The first-order valence-corrected chi connectivity index (χ1v) is 8.28. The lowest BCUT2D eigenvalue weighted by molar-refractivity contribution is 0.0312. The van der Waals surface area contributed by atoms with Gasteiger partial charge in [-0.1, -0.05) is 6.07 Å². The van der Waals surface area contributed by atoms with Gasteiger partial charge in [0.2, 0.25) is 5.88 Å². The number of aliphatic hydroxyl groups excluding tert-OH is 1. The molecule has 0 aromatic carbocycles. The third-order valence-corrected chi connectivity index (χ3v) is 4.28. The number of ether oxygens (including phenoxy) is 1. The van der Waals surface area contributed by atoms with Gasteiger partial charge in [0.25, 0.3) is 11.8 Å². The lowest BCUT2D eigenvalue weighted by Crippen LogP contribution is -2.55. The molecule has 8 nitrogen and oxygen atoms in total. The fraction of sp³-hybridized carbons (Fsp3) is 0.333. The first-order chi connectivity index (χ1) is 12.6. The van der Waals surface area contributed by atoms with Crippen LogP contribution < -0.4 is 10.1 Å². The first-order valence-electron chi connectivity index (χ1n) is 8.28. The Hall–Kier alpha value is -3.00. The second-order valence-electron chi connectivity index (χ2n) is 5.96. The number of hydrogen-bond acceptors (Lipinski definition) is 6. The number of hydrogen-bond donors (Lipinski definition) is 2. The molecule has 0 aliphatic carbocycles. The van der Waals surface area contributed by atoms with Crippen LogP contribution in [-0.2, 0) is 0 Å². The summed E-state index contributed by atoms with van der Waals surface area (Å²) in [7, 11) is 1.45. The van der Waals surface area contributed by atoms with Crippen molar-refractivity contribution in [3.05, 3.63) is 54.0 Å². The number of nitrogens with one attached hydrogen (secondary N) is 1. The molecule has 26 heavy (non-hydrogen) atoms. The lowest BCUT2D eigenvalue weighted by atomic mass is 10.0. The molecule has 0 spiro atoms. The molecule has 136 valence electrons. The van der Waals surface area contributed by atoms with Gasteiger partial charge in [0.15, 0.2) is 0 Å². The highest BCUT2D eigenvalue weighted by molar-refractivity contribution is 5.96. The smallest absolute Gasteiger partial charge is 0.270 e. The van der Waals surface area contributed by atoms with Crippen molar-refractivity contribution in [2.75, 3.05) is 20.2 Å². The van der Waals surface area contributed by atoms with Gasteiger partial charge in [-0.05, 0) is 30.7 Å². The van der Waals surface area contributed by atoms with Crippen LogP contribution >= 0.6 is 0 Å². The van der Waals surface area contributed by atoms with Gasteiger partial charge in [0, 0.05) is 25.5 Å². The number of β-amino-alcohol motifs (C(OH)–C–C–N with tert-alkyl or cyclic N) is 1. The van der Waals surface area contributed by atoms with E-state index >= 15 is 0 Å². The van der Waals surface area contributed by atoms with E-state index in [-0.39, 0.29) is 24.2 Å². The Morgan fingerprint density at radius 1 is 1.23 bits per heavy atom. The van der Waals surface area contributed by atoms with E-state index in [1.165, 1.54) is 18.2 Å². The molecule has 2 aromatic heterocycles. The van der Waals surface area contributed by atoms with Gasteiger partial charge in [-0.25, -0.2) is 4.98 Å². The van der Waals surface area contributed by atoms with Crippen molar-refractivity contribution in [2.45, 2.75) is 18.6 Å². The van der Waals surface area contributed by atoms with Crippen LogP contribution in [0.5, 0.6) is 5.88 Å². The molecule has 3 rings (SSSR count). The molecule has 1 aliphatic rings. The molecule has 0 radical (unpaired) electrons. The number of pyridine rings is 2. The lowest BCUT2D eigenvalue weighted by Gasteiger charge is -2.36. The average molecular weight is 356 g/mol. The van der Waals surface area contributed by atoms with Crippen molar-refractivity contribution in [3.63, 3.8) is 0 Å². The highest BCUT2D eigenvalue weighted by Crippen LogP contribution is 2.20. The Labute approximate surface area is 150 Å². The topological polar surface area (TPSA) is 105 Å². The number of nitrogens with zero attached hydrogens (tertiary/aromatic N) is 3. The van der Waals surface area contributed by atoms with Crippen LogP contribution in [0.4, 0.5) is 0 Å². The summed E-state index contributed by atoms with van der Waals surface area (Å²) in [6.07, 6.45) is 2.65. The molecule has 1 saturated heterocycles. The van der Waals surface area contributed by atoms with E-state index < -0.39 is 12.1 Å². The number of carbonyl (C=O) groups is 2. The molecule has 0 bridgehead atoms. The Morgan fingerprint density at radius 2 is 2.04 bits per heavy atom. The number of amides is 2. The third-order valence-electron chi connectivity index (χ3n) is 4.28. The number of rotatable bonds is 4. The molecule has 1 aliphatic heterocycles. The van der Waals surface area contributed by atoms with E-state index in [2.05, 4.69) is 15.3 Å². The Morgan fingerprint density at radius 3 is 2.73 bits per heavy atom. The van der Waals surface area contributed by atoms with Gasteiger partial charge in [-0.15, -0.1) is 0 Å². The maximum Gasteiger partial charge on any atom is 0.270 e. The quantitative estimate of drug-likeness (QED) is 0.826. The monoisotopic (exact) mass is 356 g/mol. The normalized spacial score (nSPS) is 19.7. The van der Waals surface area contributed by atoms with Crippen LogP contribution in [0.1, 0.15) is 27.3 Å². The molecular formula is C18H20N4O4. The summed E-state index contributed by atoms with van der Waals surface area (Å²) in [6, 6.07) is 7.91. The van der Waals surface area contributed by atoms with Gasteiger partial charge in [0.1, 0.15) is 11.3 Å². The number of piperidine rings is 1. The maximum absolute atomic E-state index is 12.7. The van der Waals surface area contributed by atoms with Crippen LogP contribution in [0.2, 0.25) is 0 Å². The summed E-state index contributed by atoms with van der Waals surface area (Å²) in [5.41, 5.74) is 0.636. The predicted molar refractivity (Wildman–Crippen MR) is 92.8 cm³/mol. The average Bonchev–Trinajstić information content (AvgIpc) is 2.69. The molecule has 0 saturated carbocycles. The van der Waals surface area contributed by atoms with E-state index in [4.69, 9.17) is 4.74 Å². The van der Waals surface area contributed by atoms with Crippen molar-refractivity contribution < 1.29 is 19.4 Å². The van der Waals surface area contributed by atoms with Crippen LogP contribution in [0.15, 0.2) is 42.7 Å². The summed E-state index contributed by atoms with van der Waals surface area (Å²) in [5.74, 6) is -0.357. The van der Waals surface area contributed by atoms with Crippen LogP contribution in [0.3, 0.4) is 0 Å². The number of aliphatic hydroxyl groups is 1. The van der Waals surface area contributed by atoms with Crippen molar-refractivity contribution in [2.24, 2.45) is 0 Å². The third kappa shape index (κ3) is 3.80. The molecule has 2 atom stereocenters. The molecular weight excluding hydrogens is 336 g/mol. The molecule has 2 aromatic rings.